The molecule has 1 rings (SSSR count). The molecule has 0 amide bonds. The van der Waals surface area contributed by atoms with Crippen molar-refractivity contribution in [2.75, 3.05) is 6.61 Å². The molecular formula is C18H31NO2. The van der Waals surface area contributed by atoms with Crippen molar-refractivity contribution < 1.29 is 9.84 Å². The zero-order valence-electron chi connectivity index (χ0n) is 14.0. The lowest BCUT2D eigenvalue weighted by Gasteiger charge is -2.19. The lowest BCUT2D eigenvalue weighted by Crippen LogP contribution is -2.34. The van der Waals surface area contributed by atoms with Crippen molar-refractivity contribution in [2.24, 2.45) is 5.73 Å². The Kier molecular flexibility index (Phi) is 7.76. The van der Waals surface area contributed by atoms with Crippen molar-refractivity contribution in [3.63, 3.8) is 0 Å². The van der Waals surface area contributed by atoms with Gasteiger partial charge in [-0.05, 0) is 62.3 Å². The van der Waals surface area contributed by atoms with Gasteiger partial charge in [0.2, 0.25) is 0 Å². The first-order valence-corrected chi connectivity index (χ1v) is 8.16. The summed E-state index contributed by atoms with van der Waals surface area (Å²) in [7, 11) is 0. The molecule has 120 valence electrons. The Morgan fingerprint density at radius 3 is 2.43 bits per heavy atom. The summed E-state index contributed by atoms with van der Waals surface area (Å²) in [5, 5.41) is 10.1. The molecule has 0 fully saturated rings. The van der Waals surface area contributed by atoms with Crippen LogP contribution in [0.4, 0.5) is 0 Å². The average Bonchev–Trinajstić information content (AvgIpc) is 2.47. The number of rotatable bonds is 9. The molecule has 0 aliphatic carbocycles. The van der Waals surface area contributed by atoms with Gasteiger partial charge in [0.15, 0.2) is 0 Å². The summed E-state index contributed by atoms with van der Waals surface area (Å²) in [4.78, 5) is 0. The molecule has 2 atom stereocenters. The molecule has 3 heteroatoms. The Labute approximate surface area is 129 Å². The quantitative estimate of drug-likeness (QED) is 0.732. The first kappa shape index (κ1) is 18.0. The van der Waals surface area contributed by atoms with E-state index in [4.69, 9.17) is 10.5 Å². The molecule has 0 aromatic heterocycles. The van der Waals surface area contributed by atoms with Gasteiger partial charge in [0.05, 0.1) is 12.7 Å². The van der Waals surface area contributed by atoms with Crippen molar-refractivity contribution in [1.29, 1.82) is 0 Å². The Bertz CT molecular complexity index is 431. The van der Waals surface area contributed by atoms with Crippen LogP contribution < -0.4 is 10.5 Å². The van der Waals surface area contributed by atoms with Crippen molar-refractivity contribution >= 4 is 0 Å². The van der Waals surface area contributed by atoms with E-state index in [9.17, 15) is 5.11 Å². The molecule has 1 aromatic carbocycles. The minimum Gasteiger partial charge on any atom is -0.493 e. The molecule has 2 unspecified atom stereocenters. The van der Waals surface area contributed by atoms with Crippen LogP contribution in [0, 0.1) is 13.8 Å². The summed E-state index contributed by atoms with van der Waals surface area (Å²) in [6.45, 7) is 9.18. The molecular weight excluding hydrogens is 262 g/mol. The molecule has 0 saturated carbocycles. The zero-order valence-corrected chi connectivity index (χ0v) is 14.0. The second-order valence-corrected chi connectivity index (χ2v) is 5.88. The number of hydrogen-bond donors (Lipinski definition) is 2. The smallest absolute Gasteiger partial charge is 0.122 e. The van der Waals surface area contributed by atoms with Gasteiger partial charge in [-0.1, -0.05) is 26.3 Å². The van der Waals surface area contributed by atoms with E-state index >= 15 is 0 Å². The maximum atomic E-state index is 10.1. The lowest BCUT2D eigenvalue weighted by molar-refractivity contribution is 0.131. The van der Waals surface area contributed by atoms with Gasteiger partial charge in [-0.3, -0.25) is 0 Å². The highest BCUT2D eigenvalue weighted by Gasteiger charge is 2.15. The zero-order chi connectivity index (χ0) is 15.8. The topological polar surface area (TPSA) is 55.5 Å². The number of hydrogen-bond acceptors (Lipinski definition) is 3. The van der Waals surface area contributed by atoms with Crippen LogP contribution in [0.1, 0.15) is 56.2 Å². The van der Waals surface area contributed by atoms with Crippen LogP contribution in [0.2, 0.25) is 0 Å². The molecule has 0 bridgehead atoms. The van der Waals surface area contributed by atoms with E-state index in [1.165, 1.54) is 16.7 Å². The Hall–Kier alpha value is -1.06. The molecule has 3 nitrogen and oxygen atoms in total. The van der Waals surface area contributed by atoms with Crippen LogP contribution in [0.3, 0.4) is 0 Å². The first-order chi connectivity index (χ1) is 10.0. The van der Waals surface area contributed by atoms with Crippen LogP contribution >= 0.6 is 0 Å². The summed E-state index contributed by atoms with van der Waals surface area (Å²) in [6, 6.07) is 4.06. The highest BCUT2D eigenvalue weighted by molar-refractivity contribution is 5.43. The van der Waals surface area contributed by atoms with E-state index in [0.717, 1.165) is 44.5 Å². The van der Waals surface area contributed by atoms with E-state index < -0.39 is 6.10 Å². The molecule has 0 saturated heterocycles. The molecule has 21 heavy (non-hydrogen) atoms. The summed E-state index contributed by atoms with van der Waals surface area (Å²) in [6.07, 6.45) is 4.07. The number of ether oxygens (including phenoxy) is 1. The summed E-state index contributed by atoms with van der Waals surface area (Å²) < 4.78 is 5.75. The standard InChI is InChI=1S/C18H31NO2/c1-5-7-16(19)17(20)10-8-15-9-11-18(21-12-6-2)14(4)13(15)3/h9,11,16-17,20H,5-8,10,12,19H2,1-4H3. The minimum absolute atomic E-state index is 0.108. The highest BCUT2D eigenvalue weighted by Crippen LogP contribution is 2.25. The second kappa shape index (κ2) is 9.06. The molecule has 0 radical (unpaired) electrons. The molecule has 0 heterocycles. The average molecular weight is 293 g/mol. The number of nitrogens with two attached hydrogens (primary N) is 1. The largest absolute Gasteiger partial charge is 0.493 e. The maximum absolute atomic E-state index is 10.1. The SMILES string of the molecule is CCCOc1ccc(CCC(O)C(N)CCC)c(C)c1C. The third kappa shape index (κ3) is 5.33. The predicted molar refractivity (Wildman–Crippen MR) is 88.9 cm³/mol. The monoisotopic (exact) mass is 293 g/mol. The fourth-order valence-electron chi connectivity index (χ4n) is 2.53. The fourth-order valence-corrected chi connectivity index (χ4v) is 2.53. The third-order valence-electron chi connectivity index (χ3n) is 4.14. The van der Waals surface area contributed by atoms with Crippen molar-refractivity contribution in [1.82, 2.24) is 0 Å². The Morgan fingerprint density at radius 1 is 1.10 bits per heavy atom. The maximum Gasteiger partial charge on any atom is 0.122 e. The van der Waals surface area contributed by atoms with Gasteiger partial charge in [0.1, 0.15) is 5.75 Å². The van der Waals surface area contributed by atoms with Crippen LogP contribution in [-0.2, 0) is 6.42 Å². The Balaban J connectivity index is 2.66. The lowest BCUT2D eigenvalue weighted by atomic mass is 9.95. The van der Waals surface area contributed by atoms with Gasteiger partial charge in [-0.2, -0.15) is 0 Å². The van der Waals surface area contributed by atoms with Crippen LogP contribution in [0.15, 0.2) is 12.1 Å². The van der Waals surface area contributed by atoms with E-state index in [1.807, 2.05) is 6.07 Å². The van der Waals surface area contributed by atoms with Gasteiger partial charge >= 0.3 is 0 Å². The van der Waals surface area contributed by atoms with Crippen LogP contribution in [0.5, 0.6) is 5.75 Å². The van der Waals surface area contributed by atoms with Crippen molar-refractivity contribution in [3.05, 3.63) is 28.8 Å². The third-order valence-corrected chi connectivity index (χ3v) is 4.14. The molecule has 0 aliphatic rings. The predicted octanol–water partition coefficient (Wildman–Crippen LogP) is 3.51. The summed E-state index contributed by atoms with van der Waals surface area (Å²) in [5.74, 6) is 0.973. The highest BCUT2D eigenvalue weighted by atomic mass is 16.5. The van der Waals surface area contributed by atoms with E-state index in [-0.39, 0.29) is 6.04 Å². The van der Waals surface area contributed by atoms with E-state index in [2.05, 4.69) is 33.8 Å². The minimum atomic E-state index is -0.416. The molecule has 0 aliphatic heterocycles. The molecule has 1 aromatic rings. The summed E-state index contributed by atoms with van der Waals surface area (Å²) >= 11 is 0. The number of aliphatic hydroxyl groups excluding tert-OH is 1. The van der Waals surface area contributed by atoms with Gasteiger partial charge in [-0.15, -0.1) is 0 Å². The first-order valence-electron chi connectivity index (χ1n) is 8.16. The number of aliphatic hydroxyl groups is 1. The normalized spacial score (nSPS) is 14.0. The van der Waals surface area contributed by atoms with E-state index in [1.54, 1.807) is 0 Å². The van der Waals surface area contributed by atoms with Gasteiger partial charge < -0.3 is 15.6 Å². The second-order valence-electron chi connectivity index (χ2n) is 5.88. The van der Waals surface area contributed by atoms with Gasteiger partial charge in [0, 0.05) is 6.04 Å². The van der Waals surface area contributed by atoms with E-state index in [0.29, 0.717) is 0 Å². The molecule has 3 N–H and O–H groups in total. The van der Waals surface area contributed by atoms with Crippen molar-refractivity contribution in [3.8, 4) is 5.75 Å². The van der Waals surface area contributed by atoms with Gasteiger partial charge in [0.25, 0.3) is 0 Å². The van der Waals surface area contributed by atoms with Crippen LogP contribution in [-0.4, -0.2) is 23.9 Å². The molecule has 0 spiro atoms. The number of aryl methyl sites for hydroxylation is 1. The fraction of sp³-hybridized carbons (Fsp3) is 0.667. The summed E-state index contributed by atoms with van der Waals surface area (Å²) in [5.41, 5.74) is 9.71. The van der Waals surface area contributed by atoms with Gasteiger partial charge in [-0.25, -0.2) is 0 Å². The van der Waals surface area contributed by atoms with Crippen molar-refractivity contribution in [2.45, 2.75) is 71.9 Å². The Morgan fingerprint density at radius 2 is 1.81 bits per heavy atom. The number of benzene rings is 1. The van der Waals surface area contributed by atoms with Crippen LogP contribution in [0.25, 0.3) is 0 Å².